The molecule has 2 rings (SSSR count). The number of hydrogen-bond donors (Lipinski definition) is 1. The summed E-state index contributed by atoms with van der Waals surface area (Å²) in [6.07, 6.45) is 0.657. The molecule has 1 N–H and O–H groups in total. The van der Waals surface area contributed by atoms with Crippen molar-refractivity contribution in [2.24, 2.45) is 5.92 Å². The molecule has 0 aliphatic carbocycles. The van der Waals surface area contributed by atoms with E-state index in [0.717, 1.165) is 6.54 Å². The molecule has 4 heteroatoms. The van der Waals surface area contributed by atoms with Crippen molar-refractivity contribution in [1.29, 1.82) is 0 Å². The molecule has 0 bridgehead atoms. The van der Waals surface area contributed by atoms with E-state index in [4.69, 9.17) is 5.11 Å². The van der Waals surface area contributed by atoms with Gasteiger partial charge < -0.3 is 5.11 Å². The fourth-order valence-corrected chi connectivity index (χ4v) is 2.05. The first-order valence-corrected chi connectivity index (χ1v) is 5.35. The standard InChI is InChI=1S/C12H14FNO2/c13-11-4-2-1-3-9(11)7-14-6-5-10(8-14)12(15)16/h1-4,10H,5-8H2,(H,15,16)/t10-/m1/s1. The van der Waals surface area contributed by atoms with Crippen LogP contribution in [-0.2, 0) is 11.3 Å². The lowest BCUT2D eigenvalue weighted by molar-refractivity contribution is -0.141. The zero-order valence-electron chi connectivity index (χ0n) is 8.90. The first kappa shape index (κ1) is 11.1. The summed E-state index contributed by atoms with van der Waals surface area (Å²) >= 11 is 0. The minimum absolute atomic E-state index is 0.221. The summed E-state index contributed by atoms with van der Waals surface area (Å²) in [6, 6.07) is 6.62. The predicted octanol–water partition coefficient (Wildman–Crippen LogP) is 1.73. The van der Waals surface area contributed by atoms with E-state index in [0.29, 0.717) is 25.1 Å². The molecule has 0 amide bonds. The third-order valence-electron chi connectivity index (χ3n) is 2.97. The molecule has 1 aliphatic rings. The first-order chi connectivity index (χ1) is 7.66. The lowest BCUT2D eigenvalue weighted by atomic mass is 10.1. The molecule has 86 valence electrons. The van der Waals surface area contributed by atoms with Crippen LogP contribution in [0.2, 0.25) is 0 Å². The molecule has 3 nitrogen and oxygen atoms in total. The Kier molecular flexibility index (Phi) is 3.19. The van der Waals surface area contributed by atoms with Gasteiger partial charge in [0.2, 0.25) is 0 Å². The summed E-state index contributed by atoms with van der Waals surface area (Å²) < 4.78 is 13.4. The maximum absolute atomic E-state index is 13.4. The fourth-order valence-electron chi connectivity index (χ4n) is 2.05. The van der Waals surface area contributed by atoms with Crippen LogP contribution in [0.25, 0.3) is 0 Å². The Balaban J connectivity index is 1.97. The lowest BCUT2D eigenvalue weighted by Crippen LogP contribution is -2.23. The van der Waals surface area contributed by atoms with Crippen LogP contribution in [0, 0.1) is 11.7 Å². The highest BCUT2D eigenvalue weighted by Gasteiger charge is 2.28. The van der Waals surface area contributed by atoms with Crippen molar-refractivity contribution >= 4 is 5.97 Å². The zero-order valence-corrected chi connectivity index (χ0v) is 8.90. The van der Waals surface area contributed by atoms with Crippen LogP contribution in [0.5, 0.6) is 0 Å². The van der Waals surface area contributed by atoms with Crippen LogP contribution in [0.4, 0.5) is 4.39 Å². The van der Waals surface area contributed by atoms with Gasteiger partial charge in [0.25, 0.3) is 0 Å². The van der Waals surface area contributed by atoms with Crippen LogP contribution < -0.4 is 0 Å². The molecule has 1 aromatic carbocycles. The number of halogens is 1. The van der Waals surface area contributed by atoms with Gasteiger partial charge in [-0.05, 0) is 19.0 Å². The number of rotatable bonds is 3. The van der Waals surface area contributed by atoms with Gasteiger partial charge in [-0.15, -0.1) is 0 Å². The quantitative estimate of drug-likeness (QED) is 0.848. The van der Waals surface area contributed by atoms with Gasteiger partial charge in [0, 0.05) is 18.7 Å². The third kappa shape index (κ3) is 2.39. The number of likely N-dealkylation sites (tertiary alicyclic amines) is 1. The normalized spacial score (nSPS) is 21.2. The second-order valence-electron chi connectivity index (χ2n) is 4.15. The number of benzene rings is 1. The molecule has 0 unspecified atom stereocenters. The summed E-state index contributed by atoms with van der Waals surface area (Å²) in [5.74, 6) is -1.27. The molecule has 0 aromatic heterocycles. The molecule has 1 heterocycles. The van der Waals surface area contributed by atoms with E-state index in [-0.39, 0.29) is 11.7 Å². The van der Waals surface area contributed by atoms with E-state index in [9.17, 15) is 9.18 Å². The maximum Gasteiger partial charge on any atom is 0.307 e. The topological polar surface area (TPSA) is 40.5 Å². The average Bonchev–Trinajstić information content (AvgIpc) is 2.70. The van der Waals surface area contributed by atoms with Crippen molar-refractivity contribution in [3.8, 4) is 0 Å². The molecule has 16 heavy (non-hydrogen) atoms. The van der Waals surface area contributed by atoms with E-state index >= 15 is 0 Å². The van der Waals surface area contributed by atoms with Crippen LogP contribution in [0.3, 0.4) is 0 Å². The van der Waals surface area contributed by atoms with E-state index in [1.165, 1.54) is 6.07 Å². The Morgan fingerprint density at radius 3 is 2.88 bits per heavy atom. The Morgan fingerprint density at radius 1 is 1.50 bits per heavy atom. The molecule has 0 spiro atoms. The number of nitrogens with zero attached hydrogens (tertiary/aromatic N) is 1. The SMILES string of the molecule is O=C(O)[C@@H]1CCN(Cc2ccccc2F)C1. The van der Waals surface area contributed by atoms with Crippen molar-refractivity contribution in [2.45, 2.75) is 13.0 Å². The average molecular weight is 223 g/mol. The van der Waals surface area contributed by atoms with Gasteiger partial charge in [0.05, 0.1) is 5.92 Å². The Hall–Kier alpha value is -1.42. The summed E-state index contributed by atoms with van der Waals surface area (Å²) in [6.45, 7) is 1.74. The van der Waals surface area contributed by atoms with Gasteiger partial charge in [-0.3, -0.25) is 9.69 Å². The van der Waals surface area contributed by atoms with Gasteiger partial charge >= 0.3 is 5.97 Å². The summed E-state index contributed by atoms with van der Waals surface area (Å²) in [5, 5.41) is 8.85. The highest BCUT2D eigenvalue weighted by Crippen LogP contribution is 2.19. The van der Waals surface area contributed by atoms with E-state index in [1.807, 2.05) is 4.90 Å². The second kappa shape index (κ2) is 4.61. The van der Waals surface area contributed by atoms with Gasteiger partial charge in [-0.25, -0.2) is 4.39 Å². The highest BCUT2D eigenvalue weighted by atomic mass is 19.1. The molecular weight excluding hydrogens is 209 g/mol. The van der Waals surface area contributed by atoms with Gasteiger partial charge in [0.1, 0.15) is 5.82 Å². The molecular formula is C12H14FNO2. The molecule has 1 aromatic rings. The van der Waals surface area contributed by atoms with Gasteiger partial charge in [-0.2, -0.15) is 0 Å². The maximum atomic E-state index is 13.4. The molecule has 1 atom stereocenters. The minimum atomic E-state index is -0.754. The first-order valence-electron chi connectivity index (χ1n) is 5.35. The van der Waals surface area contributed by atoms with Crippen LogP contribution in [0.1, 0.15) is 12.0 Å². The molecule has 0 saturated carbocycles. The molecule has 1 saturated heterocycles. The zero-order chi connectivity index (χ0) is 11.5. The summed E-state index contributed by atoms with van der Waals surface area (Å²) in [7, 11) is 0. The lowest BCUT2D eigenvalue weighted by Gasteiger charge is -2.15. The second-order valence-corrected chi connectivity index (χ2v) is 4.15. The van der Waals surface area contributed by atoms with Crippen LogP contribution in [0.15, 0.2) is 24.3 Å². The number of carboxylic acid groups (broad SMARTS) is 1. The van der Waals surface area contributed by atoms with Crippen LogP contribution in [-0.4, -0.2) is 29.1 Å². The van der Waals surface area contributed by atoms with Crippen molar-refractivity contribution in [3.63, 3.8) is 0 Å². The Labute approximate surface area is 93.5 Å². The van der Waals surface area contributed by atoms with Crippen molar-refractivity contribution in [2.75, 3.05) is 13.1 Å². The molecule has 1 aliphatic heterocycles. The number of aliphatic carboxylic acids is 1. The monoisotopic (exact) mass is 223 g/mol. The molecule has 0 radical (unpaired) electrons. The highest BCUT2D eigenvalue weighted by molar-refractivity contribution is 5.70. The predicted molar refractivity (Wildman–Crippen MR) is 57.4 cm³/mol. The summed E-state index contributed by atoms with van der Waals surface area (Å²) in [5.41, 5.74) is 0.633. The number of hydrogen-bond acceptors (Lipinski definition) is 2. The fraction of sp³-hybridized carbons (Fsp3) is 0.417. The summed E-state index contributed by atoms with van der Waals surface area (Å²) in [4.78, 5) is 12.7. The smallest absolute Gasteiger partial charge is 0.307 e. The van der Waals surface area contributed by atoms with E-state index in [1.54, 1.807) is 18.2 Å². The third-order valence-corrected chi connectivity index (χ3v) is 2.97. The van der Waals surface area contributed by atoms with E-state index < -0.39 is 5.97 Å². The minimum Gasteiger partial charge on any atom is -0.481 e. The van der Waals surface area contributed by atoms with E-state index in [2.05, 4.69) is 0 Å². The number of carboxylic acids is 1. The number of carbonyl (C=O) groups is 1. The van der Waals surface area contributed by atoms with Crippen molar-refractivity contribution in [3.05, 3.63) is 35.6 Å². The Morgan fingerprint density at radius 2 is 2.25 bits per heavy atom. The van der Waals surface area contributed by atoms with Crippen molar-refractivity contribution in [1.82, 2.24) is 4.90 Å². The van der Waals surface area contributed by atoms with Crippen LogP contribution >= 0.6 is 0 Å². The Bertz CT molecular complexity index is 394. The largest absolute Gasteiger partial charge is 0.481 e. The van der Waals surface area contributed by atoms with Gasteiger partial charge in [0.15, 0.2) is 0 Å². The molecule has 1 fully saturated rings. The van der Waals surface area contributed by atoms with Gasteiger partial charge in [-0.1, -0.05) is 18.2 Å². The van der Waals surface area contributed by atoms with Crippen molar-refractivity contribution < 1.29 is 14.3 Å².